The van der Waals surface area contributed by atoms with Crippen molar-refractivity contribution in [3.05, 3.63) is 59.7 Å². The van der Waals surface area contributed by atoms with E-state index in [1.807, 2.05) is 43.3 Å². The Labute approximate surface area is 144 Å². The number of nitrogens with one attached hydrogen (secondary N) is 1. The molecule has 0 aliphatic heterocycles. The van der Waals surface area contributed by atoms with Crippen molar-refractivity contribution in [1.82, 2.24) is 4.90 Å². The van der Waals surface area contributed by atoms with Crippen LogP contribution in [0.5, 0.6) is 5.75 Å². The summed E-state index contributed by atoms with van der Waals surface area (Å²) in [4.78, 5) is 14.6. The Morgan fingerprint density at radius 2 is 1.88 bits per heavy atom. The summed E-state index contributed by atoms with van der Waals surface area (Å²) in [5, 5.41) is 2.97. The molecule has 0 saturated carbocycles. The lowest BCUT2D eigenvalue weighted by molar-refractivity contribution is -0.117. The fourth-order valence-corrected chi connectivity index (χ4v) is 2.53. The number of aryl methyl sites for hydroxylation is 1. The third-order valence-corrected chi connectivity index (χ3v) is 3.93. The van der Waals surface area contributed by atoms with Gasteiger partial charge in [-0.25, -0.2) is 0 Å². The number of methoxy groups -OCH3 is 1. The van der Waals surface area contributed by atoms with Gasteiger partial charge in [0.2, 0.25) is 5.91 Å². The molecule has 0 aliphatic carbocycles. The first-order valence-corrected chi connectivity index (χ1v) is 8.22. The summed E-state index contributed by atoms with van der Waals surface area (Å²) in [5.41, 5.74) is 2.99. The molecule has 0 fully saturated rings. The first-order valence-electron chi connectivity index (χ1n) is 8.22. The number of hydrogen-bond acceptors (Lipinski definition) is 3. The highest BCUT2D eigenvalue weighted by atomic mass is 16.5. The molecule has 0 aromatic heterocycles. The van der Waals surface area contributed by atoms with Gasteiger partial charge in [-0.05, 0) is 44.0 Å². The second-order valence-corrected chi connectivity index (χ2v) is 6.24. The summed E-state index contributed by atoms with van der Waals surface area (Å²) >= 11 is 0. The Kier molecular flexibility index (Phi) is 6.38. The maximum Gasteiger partial charge on any atom is 0.238 e. The third-order valence-electron chi connectivity index (χ3n) is 3.93. The van der Waals surface area contributed by atoms with Gasteiger partial charge in [0.15, 0.2) is 0 Å². The monoisotopic (exact) mass is 326 g/mol. The van der Waals surface area contributed by atoms with Gasteiger partial charge in [-0.1, -0.05) is 36.4 Å². The number of nitrogens with zero attached hydrogens (tertiary/aromatic N) is 1. The second kappa shape index (κ2) is 8.50. The van der Waals surface area contributed by atoms with E-state index in [0.29, 0.717) is 18.0 Å². The minimum Gasteiger partial charge on any atom is -0.495 e. The summed E-state index contributed by atoms with van der Waals surface area (Å²) in [6.45, 7) is 7.28. The van der Waals surface area contributed by atoms with Crippen LogP contribution in [0.3, 0.4) is 0 Å². The van der Waals surface area contributed by atoms with E-state index in [2.05, 4.69) is 36.2 Å². The van der Waals surface area contributed by atoms with Crippen LogP contribution in [0.15, 0.2) is 48.5 Å². The van der Waals surface area contributed by atoms with E-state index in [-0.39, 0.29) is 11.9 Å². The van der Waals surface area contributed by atoms with Crippen LogP contribution in [0.1, 0.15) is 25.0 Å². The van der Waals surface area contributed by atoms with E-state index in [0.717, 1.165) is 12.1 Å². The largest absolute Gasteiger partial charge is 0.495 e. The summed E-state index contributed by atoms with van der Waals surface area (Å²) in [6.07, 6.45) is 0. The molecule has 0 bridgehead atoms. The Bertz CT molecular complexity index is 669. The molecule has 1 amide bonds. The molecule has 24 heavy (non-hydrogen) atoms. The van der Waals surface area contributed by atoms with Gasteiger partial charge in [-0.2, -0.15) is 0 Å². The molecular formula is C20H26N2O2. The number of carbonyl (C=O) groups is 1. The fraction of sp³-hybridized carbons (Fsp3) is 0.350. The molecule has 0 unspecified atom stereocenters. The highest BCUT2D eigenvalue weighted by Crippen LogP contribution is 2.25. The van der Waals surface area contributed by atoms with Crippen molar-refractivity contribution in [3.8, 4) is 5.75 Å². The van der Waals surface area contributed by atoms with Crippen LogP contribution in [0.2, 0.25) is 0 Å². The Balaban J connectivity index is 2.04. The Morgan fingerprint density at radius 1 is 1.17 bits per heavy atom. The van der Waals surface area contributed by atoms with Crippen LogP contribution in [-0.4, -0.2) is 30.5 Å². The zero-order valence-electron chi connectivity index (χ0n) is 14.9. The van der Waals surface area contributed by atoms with E-state index in [9.17, 15) is 4.79 Å². The van der Waals surface area contributed by atoms with Crippen molar-refractivity contribution in [2.24, 2.45) is 0 Å². The smallest absolute Gasteiger partial charge is 0.238 e. The molecule has 2 rings (SSSR count). The van der Waals surface area contributed by atoms with Crippen molar-refractivity contribution < 1.29 is 9.53 Å². The molecule has 0 heterocycles. The molecule has 2 aromatic rings. The van der Waals surface area contributed by atoms with E-state index in [4.69, 9.17) is 4.74 Å². The second-order valence-electron chi connectivity index (χ2n) is 6.24. The zero-order chi connectivity index (χ0) is 17.5. The van der Waals surface area contributed by atoms with Crippen LogP contribution in [0, 0.1) is 6.92 Å². The fourth-order valence-electron chi connectivity index (χ4n) is 2.53. The topological polar surface area (TPSA) is 41.6 Å². The molecule has 0 aliphatic rings. The highest BCUT2D eigenvalue weighted by Gasteiger charge is 2.16. The lowest BCUT2D eigenvalue weighted by atomic mass is 10.2. The van der Waals surface area contributed by atoms with E-state index in [1.165, 1.54) is 5.56 Å². The van der Waals surface area contributed by atoms with Crippen LogP contribution in [0.4, 0.5) is 5.69 Å². The first-order chi connectivity index (χ1) is 11.5. The zero-order valence-corrected chi connectivity index (χ0v) is 14.9. The average molecular weight is 326 g/mol. The van der Waals surface area contributed by atoms with Crippen LogP contribution < -0.4 is 10.1 Å². The Morgan fingerprint density at radius 3 is 2.50 bits per heavy atom. The summed E-state index contributed by atoms with van der Waals surface area (Å²) in [5.74, 6) is 0.636. The maximum atomic E-state index is 12.5. The van der Waals surface area contributed by atoms with Gasteiger partial charge in [0.1, 0.15) is 5.75 Å². The van der Waals surface area contributed by atoms with Crippen molar-refractivity contribution in [1.29, 1.82) is 0 Å². The molecule has 4 nitrogen and oxygen atoms in total. The number of hydrogen-bond donors (Lipinski definition) is 1. The molecule has 0 atom stereocenters. The molecule has 128 valence electrons. The molecule has 1 N–H and O–H groups in total. The van der Waals surface area contributed by atoms with Gasteiger partial charge in [-0.15, -0.1) is 0 Å². The number of amides is 1. The number of ether oxygens (including phenoxy) is 1. The van der Waals surface area contributed by atoms with Crippen molar-refractivity contribution >= 4 is 11.6 Å². The van der Waals surface area contributed by atoms with Gasteiger partial charge >= 0.3 is 0 Å². The highest BCUT2D eigenvalue weighted by molar-refractivity contribution is 5.93. The molecule has 0 spiro atoms. The number of anilines is 1. The molecule has 4 heteroatoms. The molecular weight excluding hydrogens is 300 g/mol. The minimum absolute atomic E-state index is 0.0384. The van der Waals surface area contributed by atoms with E-state index < -0.39 is 0 Å². The molecule has 2 aromatic carbocycles. The van der Waals surface area contributed by atoms with E-state index >= 15 is 0 Å². The molecule has 0 radical (unpaired) electrons. The lowest BCUT2D eigenvalue weighted by Crippen LogP contribution is -2.37. The number of carbonyl (C=O) groups excluding carboxylic acids is 1. The van der Waals surface area contributed by atoms with Gasteiger partial charge in [-0.3, -0.25) is 9.69 Å². The van der Waals surface area contributed by atoms with Crippen molar-refractivity contribution in [2.75, 3.05) is 19.0 Å². The summed E-state index contributed by atoms with van der Waals surface area (Å²) in [6, 6.07) is 16.2. The van der Waals surface area contributed by atoms with E-state index in [1.54, 1.807) is 7.11 Å². The van der Waals surface area contributed by atoms with Crippen molar-refractivity contribution in [2.45, 2.75) is 33.4 Å². The predicted molar refractivity (Wildman–Crippen MR) is 98.3 cm³/mol. The van der Waals surface area contributed by atoms with Crippen molar-refractivity contribution in [3.63, 3.8) is 0 Å². The van der Waals surface area contributed by atoms with Gasteiger partial charge < -0.3 is 10.1 Å². The Hall–Kier alpha value is -2.33. The standard InChI is InChI=1S/C20H26N2O2/c1-15(2)22(13-17-8-6-5-7-9-17)14-20(23)21-18-12-16(3)10-11-19(18)24-4/h5-12,15H,13-14H2,1-4H3,(H,21,23). The quantitative estimate of drug-likeness (QED) is 0.840. The number of rotatable bonds is 7. The molecule has 0 saturated heterocycles. The SMILES string of the molecule is COc1ccc(C)cc1NC(=O)CN(Cc1ccccc1)C(C)C. The third kappa shape index (κ3) is 5.10. The van der Waals surface area contributed by atoms with Gasteiger partial charge in [0, 0.05) is 12.6 Å². The maximum absolute atomic E-state index is 12.5. The normalized spacial score (nSPS) is 10.9. The van der Waals surface area contributed by atoms with Crippen LogP contribution >= 0.6 is 0 Å². The van der Waals surface area contributed by atoms with Crippen LogP contribution in [-0.2, 0) is 11.3 Å². The average Bonchev–Trinajstić information content (AvgIpc) is 2.55. The summed E-state index contributed by atoms with van der Waals surface area (Å²) in [7, 11) is 1.61. The lowest BCUT2D eigenvalue weighted by Gasteiger charge is -2.26. The summed E-state index contributed by atoms with van der Waals surface area (Å²) < 4.78 is 5.32. The van der Waals surface area contributed by atoms with Gasteiger partial charge in [0.05, 0.1) is 19.3 Å². The minimum atomic E-state index is -0.0384. The predicted octanol–water partition coefficient (Wildman–Crippen LogP) is 3.85. The first kappa shape index (κ1) is 18.0. The number of benzene rings is 2. The van der Waals surface area contributed by atoms with Gasteiger partial charge in [0.25, 0.3) is 0 Å². The van der Waals surface area contributed by atoms with Crippen LogP contribution in [0.25, 0.3) is 0 Å².